The van der Waals surface area contributed by atoms with Crippen LogP contribution in [0.3, 0.4) is 0 Å². The van der Waals surface area contributed by atoms with Crippen molar-refractivity contribution in [1.29, 1.82) is 0 Å². The molecule has 2 atom stereocenters. The van der Waals surface area contributed by atoms with E-state index in [-0.39, 0.29) is 11.9 Å². The van der Waals surface area contributed by atoms with Gasteiger partial charge in [-0.25, -0.2) is 4.79 Å². The van der Waals surface area contributed by atoms with E-state index in [4.69, 9.17) is 5.11 Å². The first-order valence-corrected chi connectivity index (χ1v) is 5.41. The van der Waals surface area contributed by atoms with Crippen molar-refractivity contribution < 1.29 is 14.7 Å². The summed E-state index contributed by atoms with van der Waals surface area (Å²) in [5.41, 5.74) is 0. The number of hydrogen-bond acceptors (Lipinski definition) is 3. The van der Waals surface area contributed by atoms with Gasteiger partial charge in [-0.3, -0.25) is 4.79 Å². The highest BCUT2D eigenvalue weighted by atomic mass is 16.4. The second-order valence-corrected chi connectivity index (χ2v) is 3.81. The number of hydrogen-bond donors (Lipinski definition) is 3. The van der Waals surface area contributed by atoms with E-state index in [2.05, 4.69) is 10.6 Å². The molecule has 0 aliphatic carbocycles. The van der Waals surface area contributed by atoms with Gasteiger partial charge in [0.1, 0.15) is 6.04 Å². The van der Waals surface area contributed by atoms with Crippen LogP contribution in [0.25, 0.3) is 0 Å². The summed E-state index contributed by atoms with van der Waals surface area (Å²) in [6.45, 7) is 2.58. The Morgan fingerprint density at radius 1 is 1.53 bits per heavy atom. The minimum Gasteiger partial charge on any atom is -0.480 e. The highest BCUT2D eigenvalue weighted by Crippen LogP contribution is 2.07. The van der Waals surface area contributed by atoms with E-state index in [1.807, 2.05) is 0 Å². The fourth-order valence-electron chi connectivity index (χ4n) is 1.69. The number of carbonyl (C=O) groups is 2. The zero-order valence-corrected chi connectivity index (χ0v) is 8.95. The van der Waals surface area contributed by atoms with E-state index >= 15 is 0 Å². The highest BCUT2D eigenvalue weighted by Gasteiger charge is 2.24. The minimum atomic E-state index is -0.971. The molecule has 1 unspecified atom stereocenters. The molecule has 0 aromatic heterocycles. The number of carboxylic acid groups (broad SMARTS) is 1. The molecule has 0 bridgehead atoms. The number of nitrogens with one attached hydrogen (secondary N) is 2. The molecule has 1 saturated heterocycles. The average molecular weight is 214 g/mol. The average Bonchev–Trinajstić information content (AvgIpc) is 2.26. The van der Waals surface area contributed by atoms with E-state index < -0.39 is 12.0 Å². The van der Waals surface area contributed by atoms with E-state index in [1.165, 1.54) is 0 Å². The Hall–Kier alpha value is -1.10. The third-order valence-corrected chi connectivity index (χ3v) is 2.65. The van der Waals surface area contributed by atoms with Gasteiger partial charge in [0.25, 0.3) is 0 Å². The second-order valence-electron chi connectivity index (χ2n) is 3.81. The standard InChI is InChI=1S/C10H18N2O3/c1-2-7(10(14)15)12-9(13)8-5-3-4-6-11-8/h7-8,11H,2-6H2,1H3,(H,12,13)(H,14,15)/t7?,8-/m0/s1. The van der Waals surface area contributed by atoms with Crippen LogP contribution in [-0.4, -0.2) is 35.6 Å². The molecule has 86 valence electrons. The SMILES string of the molecule is CCC(NC(=O)[C@@H]1CCCCN1)C(=O)O. The topological polar surface area (TPSA) is 78.4 Å². The molecule has 1 aliphatic heterocycles. The zero-order chi connectivity index (χ0) is 11.3. The van der Waals surface area contributed by atoms with Gasteiger partial charge in [0.2, 0.25) is 5.91 Å². The number of rotatable bonds is 4. The monoisotopic (exact) mass is 214 g/mol. The maximum Gasteiger partial charge on any atom is 0.326 e. The van der Waals surface area contributed by atoms with E-state index in [0.717, 1.165) is 25.8 Å². The molecule has 15 heavy (non-hydrogen) atoms. The maximum atomic E-state index is 11.6. The van der Waals surface area contributed by atoms with Crippen LogP contribution in [0.4, 0.5) is 0 Å². The van der Waals surface area contributed by atoms with Gasteiger partial charge in [-0.1, -0.05) is 13.3 Å². The molecular formula is C10H18N2O3. The van der Waals surface area contributed by atoms with Crippen molar-refractivity contribution in [2.45, 2.75) is 44.7 Å². The lowest BCUT2D eigenvalue weighted by molar-refractivity contribution is -0.142. The van der Waals surface area contributed by atoms with Crippen LogP contribution in [0.1, 0.15) is 32.6 Å². The van der Waals surface area contributed by atoms with Crippen molar-refractivity contribution >= 4 is 11.9 Å². The van der Waals surface area contributed by atoms with E-state index in [9.17, 15) is 9.59 Å². The lowest BCUT2D eigenvalue weighted by Gasteiger charge is -2.24. The Morgan fingerprint density at radius 3 is 2.73 bits per heavy atom. The van der Waals surface area contributed by atoms with Gasteiger partial charge in [-0.2, -0.15) is 0 Å². The van der Waals surface area contributed by atoms with Crippen molar-refractivity contribution in [1.82, 2.24) is 10.6 Å². The molecule has 3 N–H and O–H groups in total. The van der Waals surface area contributed by atoms with Crippen LogP contribution in [0.5, 0.6) is 0 Å². The molecule has 1 amide bonds. The molecule has 5 heteroatoms. The number of amides is 1. The lowest BCUT2D eigenvalue weighted by atomic mass is 10.0. The fraction of sp³-hybridized carbons (Fsp3) is 0.800. The van der Waals surface area contributed by atoms with Crippen LogP contribution in [0.2, 0.25) is 0 Å². The third-order valence-electron chi connectivity index (χ3n) is 2.65. The number of carbonyl (C=O) groups excluding carboxylic acids is 1. The summed E-state index contributed by atoms with van der Waals surface area (Å²) >= 11 is 0. The Morgan fingerprint density at radius 2 is 2.27 bits per heavy atom. The number of piperidine rings is 1. The third kappa shape index (κ3) is 3.51. The maximum absolute atomic E-state index is 11.6. The van der Waals surface area contributed by atoms with Crippen LogP contribution < -0.4 is 10.6 Å². The quantitative estimate of drug-likeness (QED) is 0.620. The van der Waals surface area contributed by atoms with E-state index in [0.29, 0.717) is 6.42 Å². The predicted octanol–water partition coefficient (Wildman–Crippen LogP) is 0.108. The molecule has 0 saturated carbocycles. The largest absolute Gasteiger partial charge is 0.480 e. The number of aliphatic carboxylic acids is 1. The molecule has 0 aromatic rings. The van der Waals surface area contributed by atoms with Crippen molar-refractivity contribution in [2.75, 3.05) is 6.54 Å². The summed E-state index contributed by atoms with van der Waals surface area (Å²) in [6, 6.07) is -0.978. The molecule has 1 rings (SSSR count). The molecule has 0 aromatic carbocycles. The van der Waals surface area contributed by atoms with Gasteiger partial charge in [-0.15, -0.1) is 0 Å². The van der Waals surface area contributed by atoms with Crippen LogP contribution in [0.15, 0.2) is 0 Å². The van der Waals surface area contributed by atoms with Gasteiger partial charge in [0, 0.05) is 0 Å². The molecule has 0 radical (unpaired) electrons. The summed E-state index contributed by atoms with van der Waals surface area (Å²) in [7, 11) is 0. The van der Waals surface area contributed by atoms with Gasteiger partial charge in [-0.05, 0) is 25.8 Å². The first kappa shape index (κ1) is 12.0. The Bertz CT molecular complexity index is 237. The minimum absolute atomic E-state index is 0.191. The van der Waals surface area contributed by atoms with Crippen molar-refractivity contribution in [2.24, 2.45) is 0 Å². The van der Waals surface area contributed by atoms with Crippen molar-refractivity contribution in [3.8, 4) is 0 Å². The summed E-state index contributed by atoms with van der Waals surface area (Å²) in [6.07, 6.45) is 3.31. The lowest BCUT2D eigenvalue weighted by Crippen LogP contribution is -2.51. The van der Waals surface area contributed by atoms with Crippen LogP contribution in [-0.2, 0) is 9.59 Å². The van der Waals surface area contributed by atoms with Gasteiger partial charge < -0.3 is 15.7 Å². The first-order valence-electron chi connectivity index (χ1n) is 5.41. The Labute approximate surface area is 89.2 Å². The summed E-state index contributed by atoms with van der Waals surface area (Å²) < 4.78 is 0. The van der Waals surface area contributed by atoms with Crippen LogP contribution >= 0.6 is 0 Å². The Kier molecular flexibility index (Phi) is 4.55. The van der Waals surface area contributed by atoms with Crippen LogP contribution in [0, 0.1) is 0 Å². The highest BCUT2D eigenvalue weighted by molar-refractivity contribution is 5.86. The van der Waals surface area contributed by atoms with Gasteiger partial charge >= 0.3 is 5.97 Å². The molecular weight excluding hydrogens is 196 g/mol. The normalized spacial score (nSPS) is 23.1. The first-order chi connectivity index (χ1) is 7.15. The summed E-state index contributed by atoms with van der Waals surface area (Å²) in [5.74, 6) is -1.16. The molecule has 5 nitrogen and oxygen atoms in total. The molecule has 1 aliphatic rings. The molecule has 1 fully saturated rings. The Balaban J connectivity index is 2.42. The fourth-order valence-corrected chi connectivity index (χ4v) is 1.69. The van der Waals surface area contributed by atoms with Gasteiger partial charge in [0.05, 0.1) is 6.04 Å². The van der Waals surface area contributed by atoms with Crippen molar-refractivity contribution in [3.63, 3.8) is 0 Å². The molecule has 0 spiro atoms. The summed E-state index contributed by atoms with van der Waals surface area (Å²) in [5, 5.41) is 14.4. The van der Waals surface area contributed by atoms with Gasteiger partial charge in [0.15, 0.2) is 0 Å². The molecule has 1 heterocycles. The zero-order valence-electron chi connectivity index (χ0n) is 8.95. The smallest absolute Gasteiger partial charge is 0.326 e. The summed E-state index contributed by atoms with van der Waals surface area (Å²) in [4.78, 5) is 22.3. The predicted molar refractivity (Wildman–Crippen MR) is 55.5 cm³/mol. The number of carboxylic acids is 1. The second kappa shape index (κ2) is 5.70. The van der Waals surface area contributed by atoms with Crippen molar-refractivity contribution in [3.05, 3.63) is 0 Å². The van der Waals surface area contributed by atoms with E-state index in [1.54, 1.807) is 6.92 Å².